The van der Waals surface area contributed by atoms with E-state index in [0.717, 1.165) is 30.3 Å². The van der Waals surface area contributed by atoms with Gasteiger partial charge in [0.2, 0.25) is 0 Å². The average Bonchev–Trinajstić information content (AvgIpc) is 2.84. The van der Waals surface area contributed by atoms with E-state index in [4.69, 9.17) is 4.84 Å². The van der Waals surface area contributed by atoms with Crippen molar-refractivity contribution in [1.82, 2.24) is 5.06 Å². The summed E-state index contributed by atoms with van der Waals surface area (Å²) in [6.45, 7) is 1.15. The minimum atomic E-state index is -0.903. The fourth-order valence-electron chi connectivity index (χ4n) is 1.43. The molecule has 0 aliphatic carbocycles. The molecule has 1 aliphatic rings. The Labute approximate surface area is 102 Å². The van der Waals surface area contributed by atoms with E-state index in [1.807, 2.05) is 0 Å². The molecule has 0 radical (unpaired) electrons. The van der Waals surface area contributed by atoms with Gasteiger partial charge in [-0.1, -0.05) is 0 Å². The molecule has 0 aromatic heterocycles. The number of benzene rings is 1. The number of amides is 1. The number of hydrogen-bond acceptors (Lipinski definition) is 3. The van der Waals surface area contributed by atoms with Crippen LogP contribution in [0.3, 0.4) is 0 Å². The van der Waals surface area contributed by atoms with Crippen molar-refractivity contribution in [2.24, 2.45) is 0 Å². The summed E-state index contributed by atoms with van der Waals surface area (Å²) in [5.41, 5.74) is 0. The number of rotatable bonds is 3. The SMILES string of the molecule is O=C(CSc1ccc(F)c(F)c1)N1CCCO1. The predicted molar refractivity (Wildman–Crippen MR) is 59.4 cm³/mol. The van der Waals surface area contributed by atoms with Gasteiger partial charge in [0, 0.05) is 4.90 Å². The maximum atomic E-state index is 12.9. The van der Waals surface area contributed by atoms with Crippen molar-refractivity contribution < 1.29 is 18.4 Å². The summed E-state index contributed by atoms with van der Waals surface area (Å²) in [6.07, 6.45) is 0.835. The number of hydrogen-bond donors (Lipinski definition) is 0. The molecule has 0 unspecified atom stereocenters. The molecule has 1 aliphatic heterocycles. The van der Waals surface area contributed by atoms with Gasteiger partial charge in [0.1, 0.15) is 0 Å². The van der Waals surface area contributed by atoms with Crippen LogP contribution in [0.25, 0.3) is 0 Å². The number of nitrogens with zero attached hydrogens (tertiary/aromatic N) is 1. The highest BCUT2D eigenvalue weighted by molar-refractivity contribution is 8.00. The smallest absolute Gasteiger partial charge is 0.256 e. The van der Waals surface area contributed by atoms with E-state index < -0.39 is 11.6 Å². The molecule has 0 N–H and O–H groups in total. The first-order chi connectivity index (χ1) is 8.16. The van der Waals surface area contributed by atoms with Gasteiger partial charge in [-0.25, -0.2) is 13.8 Å². The Morgan fingerprint density at radius 2 is 2.24 bits per heavy atom. The van der Waals surface area contributed by atoms with Crippen molar-refractivity contribution >= 4 is 17.7 Å². The molecule has 3 nitrogen and oxygen atoms in total. The fourth-order valence-corrected chi connectivity index (χ4v) is 2.21. The molecular weight excluding hydrogens is 248 g/mol. The molecule has 0 bridgehead atoms. The highest BCUT2D eigenvalue weighted by atomic mass is 32.2. The fraction of sp³-hybridized carbons (Fsp3) is 0.364. The third kappa shape index (κ3) is 3.17. The van der Waals surface area contributed by atoms with Crippen LogP contribution in [0.2, 0.25) is 0 Å². The lowest BCUT2D eigenvalue weighted by atomic mass is 10.3. The molecule has 1 aromatic carbocycles. The lowest BCUT2D eigenvalue weighted by Gasteiger charge is -2.13. The molecule has 1 heterocycles. The molecule has 6 heteroatoms. The van der Waals surface area contributed by atoms with Gasteiger partial charge in [-0.15, -0.1) is 11.8 Å². The van der Waals surface area contributed by atoms with Crippen LogP contribution < -0.4 is 0 Å². The maximum absolute atomic E-state index is 12.9. The summed E-state index contributed by atoms with van der Waals surface area (Å²) < 4.78 is 25.6. The van der Waals surface area contributed by atoms with Crippen LogP contribution in [0.5, 0.6) is 0 Å². The van der Waals surface area contributed by atoms with Crippen LogP contribution in [0.15, 0.2) is 23.1 Å². The minimum Gasteiger partial charge on any atom is -0.272 e. The molecule has 1 amide bonds. The quantitative estimate of drug-likeness (QED) is 0.779. The van der Waals surface area contributed by atoms with Gasteiger partial charge in [0.25, 0.3) is 5.91 Å². The lowest BCUT2D eigenvalue weighted by molar-refractivity contribution is -0.165. The van der Waals surface area contributed by atoms with Crippen molar-refractivity contribution in [2.45, 2.75) is 11.3 Å². The Kier molecular flexibility index (Phi) is 3.96. The summed E-state index contributed by atoms with van der Waals surface area (Å²) in [5, 5.41) is 1.31. The Bertz CT molecular complexity index is 422. The number of carbonyl (C=O) groups is 1. The highest BCUT2D eigenvalue weighted by Gasteiger charge is 2.19. The van der Waals surface area contributed by atoms with E-state index in [2.05, 4.69) is 0 Å². The Balaban J connectivity index is 1.88. The van der Waals surface area contributed by atoms with Crippen molar-refractivity contribution in [1.29, 1.82) is 0 Å². The average molecular weight is 259 g/mol. The Morgan fingerprint density at radius 1 is 1.41 bits per heavy atom. The van der Waals surface area contributed by atoms with Gasteiger partial charge in [0.05, 0.1) is 18.9 Å². The second kappa shape index (κ2) is 5.46. The summed E-state index contributed by atoms with van der Waals surface area (Å²) in [5.74, 6) is -1.79. The van der Waals surface area contributed by atoms with E-state index in [-0.39, 0.29) is 11.7 Å². The van der Waals surface area contributed by atoms with Gasteiger partial charge in [-0.2, -0.15) is 0 Å². The first-order valence-electron chi connectivity index (χ1n) is 5.18. The van der Waals surface area contributed by atoms with Crippen LogP contribution in [-0.4, -0.2) is 29.9 Å². The van der Waals surface area contributed by atoms with E-state index in [0.29, 0.717) is 18.0 Å². The maximum Gasteiger partial charge on any atom is 0.256 e. The largest absolute Gasteiger partial charge is 0.272 e. The van der Waals surface area contributed by atoms with Crippen LogP contribution in [0, 0.1) is 11.6 Å². The number of carbonyl (C=O) groups excluding carboxylic acids is 1. The molecule has 2 rings (SSSR count). The van der Waals surface area contributed by atoms with Crippen LogP contribution >= 0.6 is 11.8 Å². The first kappa shape index (κ1) is 12.3. The molecule has 1 aromatic rings. The molecule has 0 spiro atoms. The normalized spacial score (nSPS) is 15.3. The zero-order chi connectivity index (χ0) is 12.3. The van der Waals surface area contributed by atoms with Gasteiger partial charge in [0.15, 0.2) is 11.6 Å². The first-order valence-corrected chi connectivity index (χ1v) is 6.16. The van der Waals surface area contributed by atoms with Crippen molar-refractivity contribution in [3.05, 3.63) is 29.8 Å². The minimum absolute atomic E-state index is 0.155. The molecule has 0 saturated carbocycles. The van der Waals surface area contributed by atoms with E-state index in [1.54, 1.807) is 0 Å². The van der Waals surface area contributed by atoms with Crippen LogP contribution in [0.1, 0.15) is 6.42 Å². The topological polar surface area (TPSA) is 29.5 Å². The van der Waals surface area contributed by atoms with Crippen LogP contribution in [0.4, 0.5) is 8.78 Å². The third-order valence-corrected chi connectivity index (χ3v) is 3.26. The molecule has 17 heavy (non-hydrogen) atoms. The molecular formula is C11H11F2NO2S. The van der Waals surface area contributed by atoms with Crippen molar-refractivity contribution in [3.63, 3.8) is 0 Å². The van der Waals surface area contributed by atoms with Gasteiger partial charge >= 0.3 is 0 Å². The van der Waals surface area contributed by atoms with Gasteiger partial charge < -0.3 is 0 Å². The molecule has 0 atom stereocenters. The number of hydroxylamine groups is 2. The number of thioether (sulfide) groups is 1. The Hall–Kier alpha value is -1.14. The second-order valence-electron chi connectivity index (χ2n) is 3.55. The van der Waals surface area contributed by atoms with Crippen molar-refractivity contribution in [3.8, 4) is 0 Å². The lowest BCUT2D eigenvalue weighted by Crippen LogP contribution is -2.28. The highest BCUT2D eigenvalue weighted by Crippen LogP contribution is 2.21. The monoisotopic (exact) mass is 259 g/mol. The molecule has 92 valence electrons. The summed E-state index contributed by atoms with van der Waals surface area (Å²) >= 11 is 1.16. The third-order valence-electron chi connectivity index (χ3n) is 2.28. The standard InChI is InChI=1S/C11H11F2NO2S/c12-9-3-2-8(6-10(9)13)17-7-11(15)14-4-1-5-16-14/h2-3,6H,1,4-5,7H2. The van der Waals surface area contributed by atoms with Gasteiger partial charge in [-0.05, 0) is 24.6 Å². The zero-order valence-corrected chi connectivity index (χ0v) is 9.80. The van der Waals surface area contributed by atoms with E-state index in [1.165, 1.54) is 11.1 Å². The van der Waals surface area contributed by atoms with E-state index in [9.17, 15) is 13.6 Å². The zero-order valence-electron chi connectivity index (χ0n) is 8.99. The molecule has 1 saturated heterocycles. The predicted octanol–water partition coefficient (Wildman–Crippen LogP) is 2.22. The second-order valence-corrected chi connectivity index (χ2v) is 4.60. The van der Waals surface area contributed by atoms with Gasteiger partial charge in [-0.3, -0.25) is 9.63 Å². The van der Waals surface area contributed by atoms with Crippen molar-refractivity contribution in [2.75, 3.05) is 18.9 Å². The molecule has 1 fully saturated rings. The van der Waals surface area contributed by atoms with E-state index >= 15 is 0 Å². The summed E-state index contributed by atoms with van der Waals surface area (Å²) in [6, 6.07) is 3.58. The Morgan fingerprint density at radius 3 is 2.88 bits per heavy atom. The summed E-state index contributed by atoms with van der Waals surface area (Å²) in [4.78, 5) is 17.2. The summed E-state index contributed by atoms with van der Waals surface area (Å²) in [7, 11) is 0. The van der Waals surface area contributed by atoms with Crippen LogP contribution in [-0.2, 0) is 9.63 Å². The number of halogens is 2.